The number of nitrogens with two attached hydrogens (primary N) is 1. The first-order valence-electron chi connectivity index (χ1n) is 8.21. The Kier molecular flexibility index (Phi) is 6.32. The van der Waals surface area contributed by atoms with Crippen molar-refractivity contribution in [2.45, 2.75) is 38.1 Å². The Morgan fingerprint density at radius 2 is 1.60 bits per heavy atom. The minimum atomic E-state index is -0.673. The predicted octanol–water partition coefficient (Wildman–Crippen LogP) is 2.07. The number of methoxy groups -OCH3 is 3. The summed E-state index contributed by atoms with van der Waals surface area (Å²) in [5, 5.41) is 1.23. The quantitative estimate of drug-likeness (QED) is 0.791. The number of rotatable bonds is 5. The minimum Gasteiger partial charge on any atom is -0.493 e. The van der Waals surface area contributed by atoms with Gasteiger partial charge in [-0.15, -0.1) is 0 Å². The Morgan fingerprint density at radius 3 is 2.04 bits per heavy atom. The Balaban J connectivity index is 2.24. The lowest BCUT2D eigenvalue weighted by Gasteiger charge is -2.32. The number of ether oxygens (including phenoxy) is 3. The highest BCUT2D eigenvalue weighted by Gasteiger charge is 2.27. The molecule has 8 nitrogen and oxygen atoms in total. The van der Waals surface area contributed by atoms with Gasteiger partial charge in [0.05, 0.1) is 27.4 Å². The largest absolute Gasteiger partial charge is 0.493 e. The summed E-state index contributed by atoms with van der Waals surface area (Å²) in [6.45, 7) is 0. The number of benzene rings is 1. The van der Waals surface area contributed by atoms with Crippen LogP contribution in [0.4, 0.5) is 4.79 Å². The van der Waals surface area contributed by atoms with E-state index in [-0.39, 0.29) is 11.6 Å². The van der Waals surface area contributed by atoms with Gasteiger partial charge in [0.1, 0.15) is 0 Å². The first kappa shape index (κ1) is 18.7. The molecule has 3 N–H and O–H groups in total. The summed E-state index contributed by atoms with van der Waals surface area (Å²) in [4.78, 5) is 24.4. The Morgan fingerprint density at radius 1 is 1.04 bits per heavy atom. The van der Waals surface area contributed by atoms with Gasteiger partial charge in [-0.2, -0.15) is 0 Å². The van der Waals surface area contributed by atoms with Crippen LogP contribution in [0.2, 0.25) is 0 Å². The second-order valence-corrected chi connectivity index (χ2v) is 5.86. The van der Waals surface area contributed by atoms with E-state index in [1.165, 1.54) is 38.5 Å². The predicted molar refractivity (Wildman–Crippen MR) is 91.9 cm³/mol. The van der Waals surface area contributed by atoms with E-state index in [0.717, 1.165) is 32.1 Å². The fourth-order valence-corrected chi connectivity index (χ4v) is 3.05. The molecule has 0 heterocycles. The van der Waals surface area contributed by atoms with Gasteiger partial charge in [0.15, 0.2) is 11.5 Å². The zero-order chi connectivity index (χ0) is 18.4. The summed E-state index contributed by atoms with van der Waals surface area (Å²) in [6.07, 6.45) is 4.78. The second-order valence-electron chi connectivity index (χ2n) is 5.86. The van der Waals surface area contributed by atoms with Gasteiger partial charge in [0.2, 0.25) is 5.75 Å². The third-order valence-electron chi connectivity index (χ3n) is 4.33. The van der Waals surface area contributed by atoms with E-state index >= 15 is 0 Å². The number of urea groups is 1. The third-order valence-corrected chi connectivity index (χ3v) is 4.33. The van der Waals surface area contributed by atoms with Crippen LogP contribution in [0.25, 0.3) is 0 Å². The molecule has 0 aromatic heterocycles. The first-order valence-corrected chi connectivity index (χ1v) is 8.21. The Hall–Kier alpha value is -2.64. The van der Waals surface area contributed by atoms with E-state index in [1.54, 1.807) is 0 Å². The fraction of sp³-hybridized carbons (Fsp3) is 0.529. The molecule has 3 amide bonds. The Bertz CT molecular complexity index is 604. The van der Waals surface area contributed by atoms with Gasteiger partial charge in [-0.25, -0.2) is 9.80 Å². The molecular formula is C17H25N3O5. The van der Waals surface area contributed by atoms with Gasteiger partial charge in [-0.05, 0) is 25.0 Å². The lowest BCUT2D eigenvalue weighted by Crippen LogP contribution is -2.54. The molecule has 25 heavy (non-hydrogen) atoms. The highest BCUT2D eigenvalue weighted by Crippen LogP contribution is 2.38. The molecule has 0 radical (unpaired) electrons. The summed E-state index contributed by atoms with van der Waals surface area (Å²) >= 11 is 0. The normalized spacial score (nSPS) is 14.5. The van der Waals surface area contributed by atoms with Crippen LogP contribution in [0, 0.1) is 0 Å². The van der Waals surface area contributed by atoms with Crippen LogP contribution >= 0.6 is 0 Å². The smallest absolute Gasteiger partial charge is 0.333 e. The van der Waals surface area contributed by atoms with Crippen molar-refractivity contribution >= 4 is 11.9 Å². The molecule has 0 spiro atoms. The molecule has 1 saturated carbocycles. The summed E-state index contributed by atoms with van der Waals surface area (Å²) < 4.78 is 15.7. The molecule has 138 valence electrons. The molecule has 1 aliphatic rings. The SMILES string of the molecule is COc1cc(C(=O)NN(C(N)=O)C2CCCCC2)cc(OC)c1OC. The molecule has 0 unspecified atom stereocenters. The van der Waals surface area contributed by atoms with Crippen molar-refractivity contribution in [2.75, 3.05) is 21.3 Å². The molecule has 8 heteroatoms. The van der Waals surface area contributed by atoms with Crippen LogP contribution < -0.4 is 25.4 Å². The lowest BCUT2D eigenvalue weighted by atomic mass is 9.95. The van der Waals surface area contributed by atoms with Gasteiger partial charge < -0.3 is 19.9 Å². The molecule has 1 aromatic rings. The lowest BCUT2D eigenvalue weighted by molar-refractivity contribution is 0.0731. The number of nitrogens with one attached hydrogen (secondary N) is 1. The monoisotopic (exact) mass is 351 g/mol. The van der Waals surface area contributed by atoms with E-state index in [1.807, 2.05) is 0 Å². The molecule has 1 aromatic carbocycles. The van der Waals surface area contributed by atoms with Crippen LogP contribution in [0.15, 0.2) is 12.1 Å². The van der Waals surface area contributed by atoms with Crippen LogP contribution in [0.1, 0.15) is 42.5 Å². The summed E-state index contributed by atoms with van der Waals surface area (Å²) in [5.41, 5.74) is 8.34. The number of hydrogen-bond donors (Lipinski definition) is 2. The van der Waals surface area contributed by atoms with Gasteiger partial charge in [-0.1, -0.05) is 19.3 Å². The maximum Gasteiger partial charge on any atom is 0.333 e. The highest BCUT2D eigenvalue weighted by molar-refractivity contribution is 5.96. The maximum atomic E-state index is 12.6. The molecule has 0 atom stereocenters. The van der Waals surface area contributed by atoms with Gasteiger partial charge in [-0.3, -0.25) is 10.2 Å². The van der Waals surface area contributed by atoms with Crippen LogP contribution in [-0.2, 0) is 0 Å². The van der Waals surface area contributed by atoms with E-state index in [2.05, 4.69) is 5.43 Å². The number of nitrogens with zero attached hydrogens (tertiary/aromatic N) is 1. The average molecular weight is 351 g/mol. The number of carbonyl (C=O) groups excluding carboxylic acids is 2. The average Bonchev–Trinajstić information content (AvgIpc) is 2.64. The van der Waals surface area contributed by atoms with E-state index in [9.17, 15) is 9.59 Å². The molecule has 0 saturated heterocycles. The van der Waals surface area contributed by atoms with Gasteiger partial charge in [0, 0.05) is 5.56 Å². The maximum absolute atomic E-state index is 12.6. The zero-order valence-corrected chi connectivity index (χ0v) is 14.8. The molecule has 0 aliphatic heterocycles. The number of hydrazine groups is 1. The van der Waals surface area contributed by atoms with Crippen LogP contribution in [0.5, 0.6) is 17.2 Å². The van der Waals surface area contributed by atoms with Crippen molar-refractivity contribution in [2.24, 2.45) is 5.73 Å². The summed E-state index contributed by atoms with van der Waals surface area (Å²) in [7, 11) is 4.42. The molecule has 2 rings (SSSR count). The van der Waals surface area contributed by atoms with Crippen LogP contribution in [-0.4, -0.2) is 44.3 Å². The fourth-order valence-electron chi connectivity index (χ4n) is 3.05. The van der Waals surface area contributed by atoms with E-state index in [4.69, 9.17) is 19.9 Å². The summed E-state index contributed by atoms with van der Waals surface area (Å²) in [5.74, 6) is 0.634. The van der Waals surface area contributed by atoms with Crippen molar-refractivity contribution in [3.05, 3.63) is 17.7 Å². The van der Waals surface area contributed by atoms with Crippen molar-refractivity contribution in [1.29, 1.82) is 0 Å². The van der Waals surface area contributed by atoms with Crippen molar-refractivity contribution in [3.63, 3.8) is 0 Å². The number of carbonyl (C=O) groups is 2. The first-order chi connectivity index (χ1) is 12.0. The van der Waals surface area contributed by atoms with Crippen LogP contribution in [0.3, 0.4) is 0 Å². The van der Waals surface area contributed by atoms with Gasteiger partial charge >= 0.3 is 6.03 Å². The number of hydrogen-bond acceptors (Lipinski definition) is 5. The third kappa shape index (κ3) is 4.26. The second kappa shape index (κ2) is 8.46. The number of primary amides is 1. The highest BCUT2D eigenvalue weighted by atomic mass is 16.5. The van der Waals surface area contributed by atoms with Crippen molar-refractivity contribution in [3.8, 4) is 17.2 Å². The van der Waals surface area contributed by atoms with Gasteiger partial charge in [0.25, 0.3) is 5.91 Å². The molecule has 0 bridgehead atoms. The zero-order valence-electron chi connectivity index (χ0n) is 14.8. The topological polar surface area (TPSA) is 103 Å². The van der Waals surface area contributed by atoms with Crippen molar-refractivity contribution in [1.82, 2.24) is 10.4 Å². The number of amides is 3. The van der Waals surface area contributed by atoms with E-state index < -0.39 is 11.9 Å². The van der Waals surface area contributed by atoms with E-state index in [0.29, 0.717) is 17.2 Å². The minimum absolute atomic E-state index is 0.0859. The summed E-state index contributed by atoms with van der Waals surface area (Å²) in [6, 6.07) is 2.29. The Labute approximate surface area is 147 Å². The van der Waals surface area contributed by atoms with Crippen molar-refractivity contribution < 1.29 is 23.8 Å². The molecular weight excluding hydrogens is 326 g/mol. The molecule has 1 aliphatic carbocycles. The standard InChI is InChI=1S/C17H25N3O5/c1-23-13-9-11(10-14(24-2)15(13)25-3)16(21)19-20(17(18)22)12-7-5-4-6-8-12/h9-10,12H,4-8H2,1-3H3,(H2,18,22)(H,19,21). The molecule has 1 fully saturated rings.